The Labute approximate surface area is 116 Å². The molecule has 4 nitrogen and oxygen atoms in total. The summed E-state index contributed by atoms with van der Waals surface area (Å²) >= 11 is 6.06. The minimum Gasteiger partial charge on any atom is -0.467 e. The standard InChI is InChI=1S/C14H15ClN2O2/c1-2-17(9-11-4-3-7-19-11)14(18)12-6-5-10(16)8-13(12)15/h3-8H,2,9,16H2,1H3. The second kappa shape index (κ2) is 5.80. The van der Waals surface area contributed by atoms with E-state index in [1.54, 1.807) is 35.4 Å². The van der Waals surface area contributed by atoms with Gasteiger partial charge in [0.2, 0.25) is 0 Å². The molecule has 0 atom stereocenters. The molecule has 1 heterocycles. The lowest BCUT2D eigenvalue weighted by Crippen LogP contribution is -2.30. The van der Waals surface area contributed by atoms with Crippen molar-refractivity contribution < 1.29 is 9.21 Å². The Balaban J connectivity index is 2.20. The number of furan rings is 1. The molecule has 0 unspecified atom stereocenters. The lowest BCUT2D eigenvalue weighted by Gasteiger charge is -2.20. The summed E-state index contributed by atoms with van der Waals surface area (Å²) in [6.45, 7) is 2.90. The molecule has 0 aliphatic rings. The van der Waals surface area contributed by atoms with E-state index < -0.39 is 0 Å². The second-order valence-corrected chi connectivity index (χ2v) is 4.55. The molecule has 0 aliphatic heterocycles. The Morgan fingerprint density at radius 2 is 2.21 bits per heavy atom. The average molecular weight is 279 g/mol. The van der Waals surface area contributed by atoms with Crippen LogP contribution in [0.4, 0.5) is 5.69 Å². The molecule has 0 aliphatic carbocycles. The summed E-state index contributed by atoms with van der Waals surface area (Å²) in [6.07, 6.45) is 1.59. The fourth-order valence-electron chi connectivity index (χ4n) is 1.79. The lowest BCUT2D eigenvalue weighted by atomic mass is 10.1. The number of hydrogen-bond acceptors (Lipinski definition) is 3. The first-order chi connectivity index (χ1) is 9.11. The first-order valence-corrected chi connectivity index (χ1v) is 6.36. The molecule has 0 saturated carbocycles. The maximum absolute atomic E-state index is 12.4. The van der Waals surface area contributed by atoms with E-state index in [1.165, 1.54) is 0 Å². The van der Waals surface area contributed by atoms with Crippen LogP contribution >= 0.6 is 11.6 Å². The number of amides is 1. The SMILES string of the molecule is CCN(Cc1ccco1)C(=O)c1ccc(N)cc1Cl. The summed E-state index contributed by atoms with van der Waals surface area (Å²) in [6, 6.07) is 8.52. The smallest absolute Gasteiger partial charge is 0.255 e. The Morgan fingerprint density at radius 3 is 2.79 bits per heavy atom. The fourth-order valence-corrected chi connectivity index (χ4v) is 2.06. The molecule has 2 aromatic rings. The molecule has 0 saturated heterocycles. The molecule has 5 heteroatoms. The van der Waals surface area contributed by atoms with Crippen molar-refractivity contribution in [2.45, 2.75) is 13.5 Å². The van der Waals surface area contributed by atoms with Crippen LogP contribution in [-0.4, -0.2) is 17.4 Å². The molecular weight excluding hydrogens is 264 g/mol. The number of nitrogen functional groups attached to an aromatic ring is 1. The number of hydrogen-bond donors (Lipinski definition) is 1. The van der Waals surface area contributed by atoms with Gasteiger partial charge in [-0.15, -0.1) is 0 Å². The topological polar surface area (TPSA) is 59.5 Å². The quantitative estimate of drug-likeness (QED) is 0.874. The van der Waals surface area contributed by atoms with Gasteiger partial charge in [-0.25, -0.2) is 0 Å². The van der Waals surface area contributed by atoms with Crippen molar-refractivity contribution in [2.75, 3.05) is 12.3 Å². The Bertz CT molecular complexity index is 567. The van der Waals surface area contributed by atoms with Gasteiger partial charge in [0.15, 0.2) is 0 Å². The van der Waals surface area contributed by atoms with E-state index in [0.717, 1.165) is 5.76 Å². The van der Waals surface area contributed by atoms with Gasteiger partial charge >= 0.3 is 0 Å². The van der Waals surface area contributed by atoms with E-state index in [2.05, 4.69) is 0 Å². The van der Waals surface area contributed by atoms with Gasteiger partial charge < -0.3 is 15.1 Å². The predicted octanol–water partition coefficient (Wildman–Crippen LogP) is 3.18. The third-order valence-corrected chi connectivity index (χ3v) is 3.13. The first kappa shape index (κ1) is 13.5. The molecule has 19 heavy (non-hydrogen) atoms. The van der Waals surface area contributed by atoms with E-state index in [0.29, 0.717) is 29.4 Å². The number of anilines is 1. The van der Waals surface area contributed by atoms with Crippen molar-refractivity contribution in [2.24, 2.45) is 0 Å². The maximum atomic E-state index is 12.4. The summed E-state index contributed by atoms with van der Waals surface area (Å²) in [5.74, 6) is 0.602. The first-order valence-electron chi connectivity index (χ1n) is 5.98. The van der Waals surface area contributed by atoms with E-state index >= 15 is 0 Å². The third kappa shape index (κ3) is 3.09. The van der Waals surface area contributed by atoms with Crippen LogP contribution in [0.2, 0.25) is 5.02 Å². The van der Waals surface area contributed by atoms with Gasteiger partial charge in [0, 0.05) is 12.2 Å². The molecule has 2 rings (SSSR count). The van der Waals surface area contributed by atoms with E-state index in [9.17, 15) is 4.79 Å². The van der Waals surface area contributed by atoms with Crippen LogP contribution in [0, 0.1) is 0 Å². The van der Waals surface area contributed by atoms with Crippen molar-refractivity contribution in [3.05, 3.63) is 52.9 Å². The molecule has 0 radical (unpaired) electrons. The largest absolute Gasteiger partial charge is 0.467 e. The highest BCUT2D eigenvalue weighted by atomic mass is 35.5. The van der Waals surface area contributed by atoms with Crippen molar-refractivity contribution in [3.63, 3.8) is 0 Å². The molecule has 100 valence electrons. The summed E-state index contributed by atoms with van der Waals surface area (Å²) in [7, 11) is 0. The molecule has 1 aromatic heterocycles. The third-order valence-electron chi connectivity index (χ3n) is 2.82. The van der Waals surface area contributed by atoms with Crippen molar-refractivity contribution in [3.8, 4) is 0 Å². The molecule has 0 bridgehead atoms. The minimum atomic E-state index is -0.135. The van der Waals surface area contributed by atoms with Crippen LogP contribution in [0.15, 0.2) is 41.0 Å². The van der Waals surface area contributed by atoms with Crippen LogP contribution in [-0.2, 0) is 6.54 Å². The molecule has 1 aromatic carbocycles. The molecule has 0 spiro atoms. The number of rotatable bonds is 4. The molecule has 1 amide bonds. The van der Waals surface area contributed by atoms with Gasteiger partial charge in [-0.2, -0.15) is 0 Å². The van der Waals surface area contributed by atoms with Gasteiger partial charge in [0.25, 0.3) is 5.91 Å². The monoisotopic (exact) mass is 278 g/mol. The van der Waals surface area contributed by atoms with E-state index in [-0.39, 0.29) is 5.91 Å². The zero-order valence-corrected chi connectivity index (χ0v) is 11.4. The predicted molar refractivity (Wildman–Crippen MR) is 75.0 cm³/mol. The molecule has 0 fully saturated rings. The molecular formula is C14H15ClN2O2. The second-order valence-electron chi connectivity index (χ2n) is 4.14. The highest BCUT2D eigenvalue weighted by Gasteiger charge is 2.18. The summed E-state index contributed by atoms with van der Waals surface area (Å²) < 4.78 is 5.25. The van der Waals surface area contributed by atoms with E-state index in [1.807, 2.05) is 13.0 Å². The van der Waals surface area contributed by atoms with Crippen molar-refractivity contribution in [1.82, 2.24) is 4.90 Å². The van der Waals surface area contributed by atoms with Crippen LogP contribution in [0.25, 0.3) is 0 Å². The normalized spacial score (nSPS) is 10.4. The van der Waals surface area contributed by atoms with Crippen molar-refractivity contribution >= 4 is 23.2 Å². The number of carbonyl (C=O) groups excluding carboxylic acids is 1. The lowest BCUT2D eigenvalue weighted by molar-refractivity contribution is 0.0741. The zero-order valence-electron chi connectivity index (χ0n) is 10.6. The van der Waals surface area contributed by atoms with Gasteiger partial charge in [-0.1, -0.05) is 11.6 Å². The molecule has 2 N–H and O–H groups in total. The van der Waals surface area contributed by atoms with Crippen molar-refractivity contribution in [1.29, 1.82) is 0 Å². The summed E-state index contributed by atoms with van der Waals surface area (Å²) in [5.41, 5.74) is 6.61. The number of carbonyl (C=O) groups is 1. The van der Waals surface area contributed by atoms with Crippen LogP contribution < -0.4 is 5.73 Å². The fraction of sp³-hybridized carbons (Fsp3) is 0.214. The average Bonchev–Trinajstić information content (AvgIpc) is 2.88. The van der Waals surface area contributed by atoms with E-state index in [4.69, 9.17) is 21.8 Å². The van der Waals surface area contributed by atoms with Gasteiger partial charge in [-0.05, 0) is 37.3 Å². The maximum Gasteiger partial charge on any atom is 0.255 e. The minimum absolute atomic E-state index is 0.135. The van der Waals surface area contributed by atoms with Gasteiger partial charge in [0.05, 0.1) is 23.4 Å². The highest BCUT2D eigenvalue weighted by Crippen LogP contribution is 2.21. The number of halogens is 1. The van der Waals surface area contributed by atoms with Gasteiger partial charge in [-0.3, -0.25) is 4.79 Å². The summed E-state index contributed by atoms with van der Waals surface area (Å²) in [4.78, 5) is 14.1. The Hall–Kier alpha value is -1.94. The highest BCUT2D eigenvalue weighted by molar-refractivity contribution is 6.34. The summed E-state index contributed by atoms with van der Waals surface area (Å²) in [5, 5.41) is 0.364. The zero-order chi connectivity index (χ0) is 13.8. The Kier molecular flexibility index (Phi) is 4.12. The van der Waals surface area contributed by atoms with Crippen LogP contribution in [0.1, 0.15) is 23.0 Å². The number of nitrogens with two attached hydrogens (primary N) is 1. The Morgan fingerprint density at radius 1 is 1.42 bits per heavy atom. The van der Waals surface area contributed by atoms with Crippen LogP contribution in [0.5, 0.6) is 0 Å². The van der Waals surface area contributed by atoms with Gasteiger partial charge in [0.1, 0.15) is 5.76 Å². The number of nitrogens with zero attached hydrogens (tertiary/aromatic N) is 1. The number of benzene rings is 1. The van der Waals surface area contributed by atoms with Crippen LogP contribution in [0.3, 0.4) is 0 Å².